The average molecular weight is 275 g/mol. The van der Waals surface area contributed by atoms with Gasteiger partial charge in [-0.15, -0.1) is 0 Å². The van der Waals surface area contributed by atoms with E-state index >= 15 is 0 Å². The van der Waals surface area contributed by atoms with Crippen LogP contribution in [0.25, 0.3) is 0 Å². The van der Waals surface area contributed by atoms with Gasteiger partial charge in [0.15, 0.2) is 5.82 Å². The number of benzene rings is 2. The number of aryl methyl sites for hydroxylation is 3. The van der Waals surface area contributed by atoms with Gasteiger partial charge in [-0.2, -0.15) is 0 Å². The van der Waals surface area contributed by atoms with Gasteiger partial charge >= 0.3 is 0 Å². The van der Waals surface area contributed by atoms with Crippen LogP contribution in [0.1, 0.15) is 35.2 Å². The number of rotatable bonds is 3. The highest BCUT2D eigenvalue weighted by Gasteiger charge is 2.15. The first-order chi connectivity index (χ1) is 9.40. The smallest absolute Gasteiger partial charge is 0.152 e. The fourth-order valence-electron chi connectivity index (χ4n) is 2.39. The Morgan fingerprint density at radius 1 is 0.950 bits per heavy atom. The maximum Gasteiger partial charge on any atom is 0.152 e. The molecule has 0 amide bonds. The van der Waals surface area contributed by atoms with Gasteiger partial charge in [0.1, 0.15) is 11.5 Å². The molecule has 106 valence electrons. The topological polar surface area (TPSA) is 12.0 Å². The first-order valence-electron chi connectivity index (χ1n) is 6.68. The summed E-state index contributed by atoms with van der Waals surface area (Å²) in [5.74, 6) is -1.09. The fraction of sp³-hybridized carbons (Fsp3) is 0.294. The third-order valence-corrected chi connectivity index (χ3v) is 3.54. The minimum absolute atomic E-state index is 0.0579. The van der Waals surface area contributed by atoms with E-state index in [1.165, 1.54) is 17.7 Å². The number of hydrogen-bond donors (Lipinski definition) is 1. The summed E-state index contributed by atoms with van der Waals surface area (Å²) in [7, 11) is 0. The molecule has 0 saturated heterocycles. The summed E-state index contributed by atoms with van der Waals surface area (Å²) >= 11 is 0. The van der Waals surface area contributed by atoms with Gasteiger partial charge in [0.2, 0.25) is 0 Å². The highest BCUT2D eigenvalue weighted by atomic mass is 19.1. The lowest BCUT2D eigenvalue weighted by Crippen LogP contribution is -2.11. The number of nitrogens with one attached hydrogen (secondary N) is 1. The van der Waals surface area contributed by atoms with Crippen molar-refractivity contribution in [3.05, 3.63) is 64.2 Å². The summed E-state index contributed by atoms with van der Waals surface area (Å²) in [6.07, 6.45) is 0. The van der Waals surface area contributed by atoms with Gasteiger partial charge in [0.05, 0.1) is 0 Å². The zero-order chi connectivity index (χ0) is 14.9. The lowest BCUT2D eigenvalue weighted by Gasteiger charge is -2.19. The van der Waals surface area contributed by atoms with Crippen molar-refractivity contribution in [1.82, 2.24) is 0 Å². The zero-order valence-electron chi connectivity index (χ0n) is 12.2. The van der Waals surface area contributed by atoms with Crippen LogP contribution in [-0.4, -0.2) is 0 Å². The molecule has 1 unspecified atom stereocenters. The maximum absolute atomic E-state index is 14.0. The van der Waals surface area contributed by atoms with Gasteiger partial charge in [-0.3, -0.25) is 0 Å². The van der Waals surface area contributed by atoms with Gasteiger partial charge < -0.3 is 5.32 Å². The zero-order valence-corrected chi connectivity index (χ0v) is 12.2. The van der Waals surface area contributed by atoms with Crippen molar-refractivity contribution >= 4 is 5.69 Å². The molecule has 1 N–H and O–H groups in total. The van der Waals surface area contributed by atoms with Crippen LogP contribution in [0.15, 0.2) is 30.3 Å². The Morgan fingerprint density at radius 3 is 2.30 bits per heavy atom. The van der Waals surface area contributed by atoms with Crippen molar-refractivity contribution in [3.8, 4) is 0 Å². The Balaban J connectivity index is 2.32. The standard InChI is InChI=1S/C17H19F2N/c1-10-5-7-14(12(3)9-10)13(4)20-17-15(18)8-6-11(2)16(17)19/h5-9,13,20H,1-4H3. The van der Waals surface area contributed by atoms with Crippen molar-refractivity contribution in [3.63, 3.8) is 0 Å². The predicted molar refractivity (Wildman–Crippen MR) is 79.0 cm³/mol. The molecular formula is C17H19F2N. The molecule has 0 spiro atoms. The summed E-state index contributed by atoms with van der Waals surface area (Å²) < 4.78 is 27.8. The minimum atomic E-state index is -0.565. The molecule has 0 aliphatic rings. The molecule has 0 aromatic heterocycles. The first kappa shape index (κ1) is 14.5. The average Bonchev–Trinajstić information content (AvgIpc) is 2.39. The summed E-state index contributed by atoms with van der Waals surface area (Å²) in [6, 6.07) is 8.63. The van der Waals surface area contributed by atoms with Gasteiger partial charge in [-0.05, 0) is 50.5 Å². The minimum Gasteiger partial charge on any atom is -0.374 e. The van der Waals surface area contributed by atoms with Crippen LogP contribution < -0.4 is 5.32 Å². The molecule has 1 nitrogen and oxygen atoms in total. The van der Waals surface area contributed by atoms with Gasteiger partial charge in [0.25, 0.3) is 0 Å². The van der Waals surface area contributed by atoms with E-state index in [-0.39, 0.29) is 11.7 Å². The molecule has 0 heterocycles. The molecular weight excluding hydrogens is 256 g/mol. The summed E-state index contributed by atoms with van der Waals surface area (Å²) in [5.41, 5.74) is 3.69. The Kier molecular flexibility index (Phi) is 4.07. The van der Waals surface area contributed by atoms with Crippen LogP contribution in [0, 0.1) is 32.4 Å². The van der Waals surface area contributed by atoms with E-state index < -0.39 is 11.6 Å². The lowest BCUT2D eigenvalue weighted by molar-refractivity contribution is 0.578. The van der Waals surface area contributed by atoms with Crippen LogP contribution in [0.3, 0.4) is 0 Å². The molecule has 0 aliphatic heterocycles. The maximum atomic E-state index is 14.0. The van der Waals surface area contributed by atoms with E-state index in [0.717, 1.165) is 11.1 Å². The van der Waals surface area contributed by atoms with E-state index in [4.69, 9.17) is 0 Å². The molecule has 0 saturated carbocycles. The van der Waals surface area contributed by atoms with Crippen LogP contribution in [0.4, 0.5) is 14.5 Å². The van der Waals surface area contributed by atoms with Gasteiger partial charge in [-0.25, -0.2) is 8.78 Å². The van der Waals surface area contributed by atoms with E-state index in [9.17, 15) is 8.78 Å². The van der Waals surface area contributed by atoms with Crippen molar-refractivity contribution in [2.45, 2.75) is 33.7 Å². The third kappa shape index (κ3) is 2.82. The molecule has 0 bridgehead atoms. The van der Waals surface area contributed by atoms with Crippen LogP contribution >= 0.6 is 0 Å². The number of halogens is 2. The molecule has 0 fully saturated rings. The molecule has 1 atom stereocenters. The predicted octanol–water partition coefficient (Wildman–Crippen LogP) is 5.06. The highest BCUT2D eigenvalue weighted by molar-refractivity contribution is 5.51. The van der Waals surface area contributed by atoms with Gasteiger partial charge in [-0.1, -0.05) is 29.8 Å². The monoisotopic (exact) mass is 275 g/mol. The molecule has 2 aromatic rings. The number of hydrogen-bond acceptors (Lipinski definition) is 1. The Labute approximate surface area is 118 Å². The van der Waals surface area contributed by atoms with Crippen LogP contribution in [0.5, 0.6) is 0 Å². The fourth-order valence-corrected chi connectivity index (χ4v) is 2.39. The van der Waals surface area contributed by atoms with Crippen molar-refractivity contribution in [2.24, 2.45) is 0 Å². The second-order valence-corrected chi connectivity index (χ2v) is 5.28. The number of anilines is 1. The largest absolute Gasteiger partial charge is 0.374 e. The lowest BCUT2D eigenvalue weighted by atomic mass is 10.00. The molecule has 0 aliphatic carbocycles. The van der Waals surface area contributed by atoms with Gasteiger partial charge in [0, 0.05) is 6.04 Å². The van der Waals surface area contributed by atoms with Crippen molar-refractivity contribution in [2.75, 3.05) is 5.32 Å². The molecule has 3 heteroatoms. The Bertz CT molecular complexity index is 635. The third-order valence-electron chi connectivity index (χ3n) is 3.54. The van der Waals surface area contributed by atoms with E-state index in [0.29, 0.717) is 5.56 Å². The summed E-state index contributed by atoms with van der Waals surface area (Å²) in [6.45, 7) is 7.55. The Hall–Kier alpha value is -1.90. The van der Waals surface area contributed by atoms with Crippen LogP contribution in [0.2, 0.25) is 0 Å². The molecule has 0 radical (unpaired) electrons. The molecule has 20 heavy (non-hydrogen) atoms. The normalized spacial score (nSPS) is 12.3. The van der Waals surface area contributed by atoms with E-state index in [1.54, 1.807) is 6.92 Å². The van der Waals surface area contributed by atoms with E-state index in [2.05, 4.69) is 11.4 Å². The second-order valence-electron chi connectivity index (χ2n) is 5.28. The van der Waals surface area contributed by atoms with Crippen LogP contribution in [-0.2, 0) is 0 Å². The second kappa shape index (κ2) is 5.61. The van der Waals surface area contributed by atoms with Crippen molar-refractivity contribution < 1.29 is 8.78 Å². The Morgan fingerprint density at radius 2 is 1.65 bits per heavy atom. The summed E-state index contributed by atoms with van der Waals surface area (Å²) in [5, 5.41) is 2.95. The molecule has 2 aromatic carbocycles. The quantitative estimate of drug-likeness (QED) is 0.825. The SMILES string of the molecule is Cc1ccc(C(C)Nc2c(F)ccc(C)c2F)c(C)c1. The summed E-state index contributed by atoms with van der Waals surface area (Å²) in [4.78, 5) is 0. The van der Waals surface area contributed by atoms with Crippen molar-refractivity contribution in [1.29, 1.82) is 0 Å². The molecule has 2 rings (SSSR count). The first-order valence-corrected chi connectivity index (χ1v) is 6.68. The highest BCUT2D eigenvalue weighted by Crippen LogP contribution is 2.27. The van der Waals surface area contributed by atoms with E-state index in [1.807, 2.05) is 32.9 Å².